The van der Waals surface area contributed by atoms with E-state index in [1.165, 1.54) is 18.4 Å². The van der Waals surface area contributed by atoms with Gasteiger partial charge < -0.3 is 10.2 Å². The van der Waals surface area contributed by atoms with Gasteiger partial charge in [-0.1, -0.05) is 30.3 Å². The van der Waals surface area contributed by atoms with E-state index in [4.69, 9.17) is 0 Å². The zero-order valence-corrected chi connectivity index (χ0v) is 17.0. The molecule has 0 aromatic heterocycles. The molecule has 1 unspecified atom stereocenters. The average molecular weight is 400 g/mol. The summed E-state index contributed by atoms with van der Waals surface area (Å²) in [6, 6.07) is 10.7. The van der Waals surface area contributed by atoms with E-state index in [1.54, 1.807) is 0 Å². The maximum Gasteiger partial charge on any atom is 0.226 e. The zero-order chi connectivity index (χ0) is 16.4. The number of piperidine rings is 1. The molecule has 1 spiro atoms. The van der Waals surface area contributed by atoms with E-state index in [-0.39, 0.29) is 24.8 Å². The first-order valence-electron chi connectivity index (χ1n) is 9.53. The number of halogens is 2. The lowest BCUT2D eigenvalue weighted by atomic mass is 9.91. The first-order valence-corrected chi connectivity index (χ1v) is 9.53. The number of amides is 1. The Hall–Kier alpha value is -0.810. The largest absolute Gasteiger partial charge is 0.341 e. The van der Waals surface area contributed by atoms with Crippen molar-refractivity contribution in [3.8, 4) is 0 Å². The van der Waals surface area contributed by atoms with Crippen molar-refractivity contribution in [2.24, 2.45) is 11.3 Å². The van der Waals surface area contributed by atoms with E-state index in [9.17, 15) is 4.79 Å². The number of nitrogens with one attached hydrogen (secondary N) is 1. The summed E-state index contributed by atoms with van der Waals surface area (Å²) in [6.07, 6.45) is 4.62. The van der Waals surface area contributed by atoms with E-state index < -0.39 is 0 Å². The van der Waals surface area contributed by atoms with Gasteiger partial charge in [-0.05, 0) is 49.8 Å². The molecule has 4 nitrogen and oxygen atoms in total. The van der Waals surface area contributed by atoms with Crippen molar-refractivity contribution < 1.29 is 4.79 Å². The van der Waals surface area contributed by atoms with Gasteiger partial charge in [-0.3, -0.25) is 9.69 Å². The van der Waals surface area contributed by atoms with E-state index in [1.807, 2.05) is 0 Å². The molecule has 0 bridgehead atoms. The summed E-state index contributed by atoms with van der Waals surface area (Å²) < 4.78 is 0. The summed E-state index contributed by atoms with van der Waals surface area (Å²) in [7, 11) is 0. The molecule has 1 saturated carbocycles. The van der Waals surface area contributed by atoms with Crippen LogP contribution in [0.3, 0.4) is 0 Å². The molecular formula is C20H31Cl2N3O. The van der Waals surface area contributed by atoms with Crippen LogP contribution in [0.1, 0.15) is 31.2 Å². The Balaban J connectivity index is 0.00000121. The van der Waals surface area contributed by atoms with Gasteiger partial charge in [0.05, 0.1) is 0 Å². The predicted octanol–water partition coefficient (Wildman–Crippen LogP) is 2.95. The Morgan fingerprint density at radius 2 is 1.77 bits per heavy atom. The molecule has 1 N–H and O–H groups in total. The van der Waals surface area contributed by atoms with Gasteiger partial charge in [0.1, 0.15) is 0 Å². The summed E-state index contributed by atoms with van der Waals surface area (Å²) in [5.41, 5.74) is 1.73. The Morgan fingerprint density at radius 3 is 2.50 bits per heavy atom. The smallest absolute Gasteiger partial charge is 0.226 e. The lowest BCUT2D eigenvalue weighted by Gasteiger charge is -2.26. The van der Waals surface area contributed by atoms with Crippen LogP contribution in [0.2, 0.25) is 0 Å². The highest BCUT2D eigenvalue weighted by Gasteiger charge is 2.58. The molecule has 3 aliphatic rings. The Morgan fingerprint density at radius 1 is 1.04 bits per heavy atom. The Bertz CT molecular complexity index is 578. The Kier molecular flexibility index (Phi) is 7.77. The third kappa shape index (κ3) is 4.72. The molecule has 2 heterocycles. The SMILES string of the molecule is Cl.Cl.O=C(C1CC12CCNCC2)N1CCCN(Cc2ccccc2)CC1. The minimum Gasteiger partial charge on any atom is -0.341 e. The highest BCUT2D eigenvalue weighted by Crippen LogP contribution is 2.59. The highest BCUT2D eigenvalue weighted by molar-refractivity contribution is 5.85. The number of hydrogen-bond acceptors (Lipinski definition) is 3. The van der Waals surface area contributed by atoms with E-state index in [0.717, 1.165) is 58.7 Å². The van der Waals surface area contributed by atoms with Crippen LogP contribution >= 0.6 is 24.8 Å². The molecule has 2 saturated heterocycles. The van der Waals surface area contributed by atoms with Gasteiger partial charge in [0.25, 0.3) is 0 Å². The topological polar surface area (TPSA) is 35.6 Å². The molecule has 1 aromatic carbocycles. The minimum absolute atomic E-state index is 0. The number of benzene rings is 1. The van der Waals surface area contributed by atoms with Gasteiger partial charge in [0.15, 0.2) is 0 Å². The molecule has 1 atom stereocenters. The number of carbonyl (C=O) groups is 1. The van der Waals surface area contributed by atoms with Crippen molar-refractivity contribution in [2.75, 3.05) is 39.3 Å². The van der Waals surface area contributed by atoms with Crippen molar-refractivity contribution in [1.82, 2.24) is 15.1 Å². The van der Waals surface area contributed by atoms with Gasteiger partial charge >= 0.3 is 0 Å². The van der Waals surface area contributed by atoms with Crippen LogP contribution in [0, 0.1) is 11.3 Å². The third-order valence-corrected chi connectivity index (χ3v) is 6.24. The lowest BCUT2D eigenvalue weighted by molar-refractivity contribution is -0.133. The molecule has 3 fully saturated rings. The van der Waals surface area contributed by atoms with Gasteiger partial charge in [-0.15, -0.1) is 24.8 Å². The molecule has 4 rings (SSSR count). The van der Waals surface area contributed by atoms with Crippen LogP contribution in [-0.2, 0) is 11.3 Å². The molecule has 1 aliphatic carbocycles. The van der Waals surface area contributed by atoms with E-state index in [2.05, 4.69) is 45.4 Å². The minimum atomic E-state index is 0. The predicted molar refractivity (Wildman–Crippen MR) is 110 cm³/mol. The number of carbonyl (C=O) groups excluding carboxylic acids is 1. The summed E-state index contributed by atoms with van der Waals surface area (Å²) >= 11 is 0. The number of nitrogens with zero attached hydrogens (tertiary/aromatic N) is 2. The second-order valence-electron chi connectivity index (χ2n) is 7.81. The van der Waals surface area contributed by atoms with Crippen LogP contribution in [0.25, 0.3) is 0 Å². The van der Waals surface area contributed by atoms with Gasteiger partial charge in [-0.25, -0.2) is 0 Å². The quantitative estimate of drug-likeness (QED) is 0.848. The van der Waals surface area contributed by atoms with Gasteiger partial charge in [0.2, 0.25) is 5.91 Å². The summed E-state index contributed by atoms with van der Waals surface area (Å²) in [5.74, 6) is 0.763. The van der Waals surface area contributed by atoms with E-state index in [0.29, 0.717) is 17.2 Å². The fraction of sp³-hybridized carbons (Fsp3) is 0.650. The number of rotatable bonds is 3. The molecule has 6 heteroatoms. The van der Waals surface area contributed by atoms with Gasteiger partial charge in [0, 0.05) is 38.6 Å². The second-order valence-corrected chi connectivity index (χ2v) is 7.81. The summed E-state index contributed by atoms with van der Waals surface area (Å²) in [6.45, 7) is 7.12. The van der Waals surface area contributed by atoms with Crippen LogP contribution in [0.4, 0.5) is 0 Å². The average Bonchev–Trinajstić information content (AvgIpc) is 3.35. The molecule has 146 valence electrons. The normalized spacial score (nSPS) is 24.9. The van der Waals surface area contributed by atoms with E-state index >= 15 is 0 Å². The summed E-state index contributed by atoms with van der Waals surface area (Å²) in [4.78, 5) is 17.6. The molecular weight excluding hydrogens is 369 g/mol. The first kappa shape index (κ1) is 21.5. The highest BCUT2D eigenvalue weighted by atomic mass is 35.5. The molecule has 2 aliphatic heterocycles. The number of hydrogen-bond donors (Lipinski definition) is 1. The maximum atomic E-state index is 12.9. The monoisotopic (exact) mass is 399 g/mol. The Labute approximate surface area is 169 Å². The van der Waals surface area contributed by atoms with Crippen molar-refractivity contribution in [3.63, 3.8) is 0 Å². The third-order valence-electron chi connectivity index (χ3n) is 6.24. The van der Waals surface area contributed by atoms with Crippen LogP contribution in [-0.4, -0.2) is 55.0 Å². The van der Waals surface area contributed by atoms with Crippen LogP contribution in [0.5, 0.6) is 0 Å². The van der Waals surface area contributed by atoms with Crippen LogP contribution < -0.4 is 5.32 Å². The maximum absolute atomic E-state index is 12.9. The van der Waals surface area contributed by atoms with Crippen LogP contribution in [0.15, 0.2) is 30.3 Å². The van der Waals surface area contributed by atoms with Crippen molar-refractivity contribution in [3.05, 3.63) is 35.9 Å². The fourth-order valence-electron chi connectivity index (χ4n) is 4.59. The van der Waals surface area contributed by atoms with Crippen molar-refractivity contribution in [1.29, 1.82) is 0 Å². The zero-order valence-electron chi connectivity index (χ0n) is 15.4. The summed E-state index contributed by atoms with van der Waals surface area (Å²) in [5, 5.41) is 3.43. The van der Waals surface area contributed by atoms with Gasteiger partial charge in [-0.2, -0.15) is 0 Å². The van der Waals surface area contributed by atoms with Crippen molar-refractivity contribution >= 4 is 30.7 Å². The lowest BCUT2D eigenvalue weighted by Crippen LogP contribution is -2.38. The standard InChI is InChI=1S/C20H29N3O.2ClH/c24-19(18-15-20(18)7-9-21-10-8-20)23-12-4-11-22(13-14-23)16-17-5-2-1-3-6-17;;/h1-3,5-6,18,21H,4,7-16H2;2*1H. The first-order chi connectivity index (χ1) is 11.8. The molecule has 26 heavy (non-hydrogen) atoms. The fourth-order valence-corrected chi connectivity index (χ4v) is 4.59. The molecule has 1 aromatic rings. The van der Waals surface area contributed by atoms with Crippen molar-refractivity contribution in [2.45, 2.75) is 32.2 Å². The molecule has 1 amide bonds. The second kappa shape index (κ2) is 9.41. The molecule has 0 radical (unpaired) electrons.